The van der Waals surface area contributed by atoms with Crippen molar-refractivity contribution in [2.24, 2.45) is 0 Å². The predicted octanol–water partition coefficient (Wildman–Crippen LogP) is 1.58. The summed E-state index contributed by atoms with van der Waals surface area (Å²) in [6.07, 6.45) is 1.23. The molecule has 4 nitrogen and oxygen atoms in total. The van der Waals surface area contributed by atoms with Crippen LogP contribution in [-0.2, 0) is 9.53 Å². The van der Waals surface area contributed by atoms with Crippen LogP contribution in [0.25, 0.3) is 0 Å². The van der Waals surface area contributed by atoms with Gasteiger partial charge in [0.15, 0.2) is 0 Å². The van der Waals surface area contributed by atoms with Gasteiger partial charge in [0, 0.05) is 26.7 Å². The standard InChI is InChI=1S/C14H19NO3/c1-18-12-7-8-15(9-12)10-13(14(16)17)11-5-3-2-4-6-11/h2-6,12-13H,7-10H2,1H3,(H,16,17). The second-order valence-electron chi connectivity index (χ2n) is 4.71. The number of methoxy groups -OCH3 is 1. The van der Waals surface area contributed by atoms with E-state index in [0.29, 0.717) is 6.54 Å². The van der Waals surface area contributed by atoms with Gasteiger partial charge in [0.2, 0.25) is 0 Å². The van der Waals surface area contributed by atoms with Crippen LogP contribution in [0.15, 0.2) is 30.3 Å². The summed E-state index contributed by atoms with van der Waals surface area (Å²) in [5.74, 6) is -1.22. The monoisotopic (exact) mass is 249 g/mol. The van der Waals surface area contributed by atoms with Crippen LogP contribution in [0.3, 0.4) is 0 Å². The molecule has 1 N–H and O–H groups in total. The maximum absolute atomic E-state index is 11.4. The van der Waals surface area contributed by atoms with Crippen molar-refractivity contribution >= 4 is 5.97 Å². The third-order valence-corrected chi connectivity index (χ3v) is 3.50. The summed E-state index contributed by atoms with van der Waals surface area (Å²) < 4.78 is 5.30. The zero-order valence-electron chi connectivity index (χ0n) is 10.6. The fraction of sp³-hybridized carbons (Fsp3) is 0.500. The van der Waals surface area contributed by atoms with Crippen molar-refractivity contribution in [1.29, 1.82) is 0 Å². The maximum Gasteiger partial charge on any atom is 0.312 e. The lowest BCUT2D eigenvalue weighted by atomic mass is 9.99. The molecule has 2 atom stereocenters. The van der Waals surface area contributed by atoms with Gasteiger partial charge in [-0.1, -0.05) is 30.3 Å². The molecule has 2 rings (SSSR count). The summed E-state index contributed by atoms with van der Waals surface area (Å²) >= 11 is 0. The lowest BCUT2D eigenvalue weighted by Gasteiger charge is -2.21. The molecule has 1 saturated heterocycles. The Morgan fingerprint density at radius 3 is 2.78 bits per heavy atom. The molecule has 0 aromatic heterocycles. The smallest absolute Gasteiger partial charge is 0.312 e. The number of ether oxygens (including phenoxy) is 1. The Morgan fingerprint density at radius 2 is 2.22 bits per heavy atom. The number of carboxylic acid groups (broad SMARTS) is 1. The highest BCUT2D eigenvalue weighted by Gasteiger charge is 2.28. The van der Waals surface area contributed by atoms with E-state index in [1.807, 2.05) is 30.3 Å². The molecule has 2 unspecified atom stereocenters. The van der Waals surface area contributed by atoms with Gasteiger partial charge in [-0.2, -0.15) is 0 Å². The van der Waals surface area contributed by atoms with Crippen molar-refractivity contribution in [3.63, 3.8) is 0 Å². The van der Waals surface area contributed by atoms with E-state index in [-0.39, 0.29) is 6.10 Å². The number of carboxylic acids is 1. The predicted molar refractivity (Wildman–Crippen MR) is 68.7 cm³/mol. The molecule has 18 heavy (non-hydrogen) atoms. The van der Waals surface area contributed by atoms with Crippen LogP contribution in [0.2, 0.25) is 0 Å². The summed E-state index contributed by atoms with van der Waals surface area (Å²) in [5, 5.41) is 9.35. The molecule has 1 aliphatic heterocycles. The van der Waals surface area contributed by atoms with Gasteiger partial charge < -0.3 is 9.84 Å². The van der Waals surface area contributed by atoms with Crippen LogP contribution in [0.1, 0.15) is 17.9 Å². The van der Waals surface area contributed by atoms with E-state index in [4.69, 9.17) is 4.74 Å². The van der Waals surface area contributed by atoms with Gasteiger partial charge in [0.05, 0.1) is 12.0 Å². The van der Waals surface area contributed by atoms with Crippen molar-refractivity contribution in [3.05, 3.63) is 35.9 Å². The molecule has 0 spiro atoms. The van der Waals surface area contributed by atoms with Gasteiger partial charge in [0.25, 0.3) is 0 Å². The molecule has 0 saturated carbocycles. The molecule has 1 heterocycles. The molecular formula is C14H19NO3. The minimum atomic E-state index is -0.762. The van der Waals surface area contributed by atoms with Gasteiger partial charge in [0.1, 0.15) is 0 Å². The fourth-order valence-corrected chi connectivity index (χ4v) is 2.42. The summed E-state index contributed by atoms with van der Waals surface area (Å²) in [6, 6.07) is 9.42. The summed E-state index contributed by atoms with van der Waals surface area (Å²) in [4.78, 5) is 13.5. The van der Waals surface area contributed by atoms with Gasteiger partial charge in [-0.15, -0.1) is 0 Å². The first kappa shape index (κ1) is 13.1. The van der Waals surface area contributed by atoms with E-state index in [2.05, 4.69) is 4.90 Å². The summed E-state index contributed by atoms with van der Waals surface area (Å²) in [6.45, 7) is 2.29. The Hall–Kier alpha value is -1.39. The SMILES string of the molecule is COC1CCN(CC(C(=O)O)c2ccccc2)C1. The molecule has 0 aliphatic carbocycles. The molecule has 1 fully saturated rings. The zero-order chi connectivity index (χ0) is 13.0. The van der Waals surface area contributed by atoms with Crippen LogP contribution in [0.4, 0.5) is 0 Å². The lowest BCUT2D eigenvalue weighted by Crippen LogP contribution is -2.31. The Labute approximate surface area is 107 Å². The first-order valence-corrected chi connectivity index (χ1v) is 6.23. The van der Waals surface area contributed by atoms with Crippen molar-refractivity contribution in [3.8, 4) is 0 Å². The highest BCUT2D eigenvalue weighted by Crippen LogP contribution is 2.21. The van der Waals surface area contributed by atoms with Crippen LogP contribution >= 0.6 is 0 Å². The van der Waals surface area contributed by atoms with Gasteiger partial charge in [-0.25, -0.2) is 0 Å². The molecule has 4 heteroatoms. The van der Waals surface area contributed by atoms with Crippen molar-refractivity contribution in [2.45, 2.75) is 18.4 Å². The minimum Gasteiger partial charge on any atom is -0.481 e. The largest absolute Gasteiger partial charge is 0.481 e. The topological polar surface area (TPSA) is 49.8 Å². The second-order valence-corrected chi connectivity index (χ2v) is 4.71. The number of aliphatic carboxylic acids is 1. The number of hydrogen-bond donors (Lipinski definition) is 1. The molecule has 98 valence electrons. The van der Waals surface area contributed by atoms with Crippen molar-refractivity contribution < 1.29 is 14.6 Å². The first-order chi connectivity index (χ1) is 8.70. The van der Waals surface area contributed by atoms with E-state index in [1.54, 1.807) is 7.11 Å². The molecule has 1 aromatic rings. The summed E-state index contributed by atoms with van der Waals surface area (Å²) in [5.41, 5.74) is 0.867. The van der Waals surface area contributed by atoms with Gasteiger partial charge in [-0.3, -0.25) is 9.69 Å². The van der Waals surface area contributed by atoms with E-state index in [0.717, 1.165) is 25.1 Å². The quantitative estimate of drug-likeness (QED) is 0.860. The Balaban J connectivity index is 2.02. The average molecular weight is 249 g/mol. The molecule has 1 aliphatic rings. The highest BCUT2D eigenvalue weighted by atomic mass is 16.5. The van der Waals surface area contributed by atoms with E-state index in [9.17, 15) is 9.90 Å². The lowest BCUT2D eigenvalue weighted by molar-refractivity contribution is -0.139. The number of nitrogens with zero attached hydrogens (tertiary/aromatic N) is 1. The summed E-state index contributed by atoms with van der Waals surface area (Å²) in [7, 11) is 1.71. The Kier molecular flexibility index (Phi) is 4.33. The van der Waals surface area contributed by atoms with Crippen LogP contribution in [-0.4, -0.2) is 48.8 Å². The normalized spacial score (nSPS) is 21.9. The number of likely N-dealkylation sites (tertiary alicyclic amines) is 1. The average Bonchev–Trinajstić information content (AvgIpc) is 2.84. The molecular weight excluding hydrogens is 230 g/mol. The Bertz CT molecular complexity index is 393. The second kappa shape index (κ2) is 5.98. The minimum absolute atomic E-state index is 0.246. The molecule has 0 radical (unpaired) electrons. The number of hydrogen-bond acceptors (Lipinski definition) is 3. The van der Waals surface area contributed by atoms with E-state index < -0.39 is 11.9 Å². The van der Waals surface area contributed by atoms with E-state index >= 15 is 0 Å². The molecule has 0 amide bonds. The fourth-order valence-electron chi connectivity index (χ4n) is 2.42. The van der Waals surface area contributed by atoms with Crippen LogP contribution in [0, 0.1) is 0 Å². The van der Waals surface area contributed by atoms with Crippen LogP contribution < -0.4 is 0 Å². The maximum atomic E-state index is 11.4. The van der Waals surface area contributed by atoms with E-state index in [1.165, 1.54) is 0 Å². The van der Waals surface area contributed by atoms with Gasteiger partial charge >= 0.3 is 5.97 Å². The number of benzene rings is 1. The third-order valence-electron chi connectivity index (χ3n) is 3.50. The first-order valence-electron chi connectivity index (χ1n) is 6.23. The highest BCUT2D eigenvalue weighted by molar-refractivity contribution is 5.76. The number of rotatable bonds is 5. The molecule has 1 aromatic carbocycles. The third kappa shape index (κ3) is 3.09. The van der Waals surface area contributed by atoms with Crippen LogP contribution in [0.5, 0.6) is 0 Å². The Morgan fingerprint density at radius 1 is 1.50 bits per heavy atom. The zero-order valence-corrected chi connectivity index (χ0v) is 10.6. The van der Waals surface area contributed by atoms with Crippen molar-refractivity contribution in [2.75, 3.05) is 26.7 Å². The van der Waals surface area contributed by atoms with Crippen molar-refractivity contribution in [1.82, 2.24) is 4.90 Å². The molecule has 0 bridgehead atoms. The van der Waals surface area contributed by atoms with Gasteiger partial charge in [-0.05, 0) is 12.0 Å². The number of carbonyl (C=O) groups is 1.